The minimum absolute atomic E-state index is 0.105. The number of thiocarbonyl (C=S) groups is 1. The first-order valence-corrected chi connectivity index (χ1v) is 11.6. The number of rotatable bonds is 4. The molecule has 0 spiro atoms. The number of amides is 1. The van der Waals surface area contributed by atoms with Gasteiger partial charge >= 0.3 is 0 Å². The molecule has 1 aromatic carbocycles. The van der Waals surface area contributed by atoms with Crippen molar-refractivity contribution >= 4 is 51.3 Å². The number of carbonyl (C=O) groups excluding carboxylic acids is 1. The summed E-state index contributed by atoms with van der Waals surface area (Å²) in [5.41, 5.74) is 1.75. The quantitative estimate of drug-likeness (QED) is 0.662. The zero-order chi connectivity index (χ0) is 20.2. The van der Waals surface area contributed by atoms with Crippen LogP contribution in [0.1, 0.15) is 22.9 Å². The van der Waals surface area contributed by atoms with Gasteiger partial charge < -0.3 is 9.64 Å². The molecule has 3 heterocycles. The average molecular weight is 450 g/mol. The molecule has 0 bridgehead atoms. The lowest BCUT2D eigenvalue weighted by Crippen LogP contribution is -2.39. The Morgan fingerprint density at radius 1 is 1.28 bits per heavy atom. The molecule has 2 aliphatic rings. The Hall–Kier alpha value is -1.81. The van der Waals surface area contributed by atoms with Crippen LogP contribution >= 0.6 is 35.3 Å². The monoisotopic (exact) mass is 449 g/mol. The first-order valence-electron chi connectivity index (χ1n) is 9.30. The third-order valence-electron chi connectivity index (χ3n) is 4.81. The van der Waals surface area contributed by atoms with Gasteiger partial charge in [0.25, 0.3) is 5.91 Å². The van der Waals surface area contributed by atoms with Gasteiger partial charge in [-0.15, -0.1) is 11.3 Å². The maximum atomic E-state index is 13.4. The van der Waals surface area contributed by atoms with E-state index in [0.29, 0.717) is 24.0 Å². The third kappa shape index (κ3) is 4.85. The number of halogens is 1. The van der Waals surface area contributed by atoms with Gasteiger partial charge in [0.05, 0.1) is 35.6 Å². The number of hydrogen-bond donors (Lipinski definition) is 0. The number of nitrogens with zero attached hydrogens (tertiary/aromatic N) is 3. The normalized spacial score (nSPS) is 19.3. The van der Waals surface area contributed by atoms with Crippen LogP contribution in [0.25, 0.3) is 0 Å². The van der Waals surface area contributed by atoms with Crippen LogP contribution in [0.4, 0.5) is 4.39 Å². The predicted molar refractivity (Wildman–Crippen MR) is 119 cm³/mol. The Kier molecular flexibility index (Phi) is 6.59. The molecule has 1 amide bonds. The minimum Gasteiger partial charge on any atom is -0.378 e. The largest absolute Gasteiger partial charge is 0.378 e. The van der Waals surface area contributed by atoms with Gasteiger partial charge in [-0.2, -0.15) is 5.10 Å². The van der Waals surface area contributed by atoms with E-state index < -0.39 is 0 Å². The molecule has 1 saturated heterocycles. The summed E-state index contributed by atoms with van der Waals surface area (Å²) in [6.07, 6.45) is 0.608. The van der Waals surface area contributed by atoms with E-state index in [0.717, 1.165) is 29.2 Å². The number of ether oxygens (including phenoxy) is 1. The molecular formula is C20H20FN3O2S3. The van der Waals surface area contributed by atoms with E-state index in [4.69, 9.17) is 17.0 Å². The zero-order valence-electron chi connectivity index (χ0n) is 15.6. The molecule has 2 aliphatic heterocycles. The molecule has 29 heavy (non-hydrogen) atoms. The molecule has 2 aromatic rings. The van der Waals surface area contributed by atoms with Crippen molar-refractivity contribution in [1.29, 1.82) is 0 Å². The van der Waals surface area contributed by atoms with Crippen LogP contribution in [-0.4, -0.2) is 57.9 Å². The highest BCUT2D eigenvalue weighted by Crippen LogP contribution is 2.34. The number of benzene rings is 1. The average Bonchev–Trinajstić information content (AvgIpc) is 3.43. The van der Waals surface area contributed by atoms with Crippen molar-refractivity contribution in [3.63, 3.8) is 0 Å². The van der Waals surface area contributed by atoms with E-state index in [-0.39, 0.29) is 23.5 Å². The number of hydrogen-bond acceptors (Lipinski definition) is 6. The standard InChI is InChI=1S/C20H20FN3O2S3/c21-15-5-3-14(4-6-15)17-12-16(18-2-1-11-28-18)22-24(17)19(25)13-29-20(27)23-7-9-26-10-8-23/h1-6,11,17H,7-10,12-13H2/t17-/m0/s1. The first-order chi connectivity index (χ1) is 14.1. The molecular weight excluding hydrogens is 429 g/mol. The highest BCUT2D eigenvalue weighted by Gasteiger charge is 2.33. The number of thiophene rings is 1. The van der Waals surface area contributed by atoms with Crippen molar-refractivity contribution in [2.45, 2.75) is 12.5 Å². The van der Waals surface area contributed by atoms with E-state index in [1.807, 2.05) is 17.5 Å². The van der Waals surface area contributed by atoms with Gasteiger partial charge in [-0.3, -0.25) is 4.79 Å². The Morgan fingerprint density at radius 2 is 2.03 bits per heavy atom. The summed E-state index contributed by atoms with van der Waals surface area (Å²) < 4.78 is 19.4. The van der Waals surface area contributed by atoms with E-state index in [2.05, 4.69) is 10.0 Å². The molecule has 1 fully saturated rings. The number of thioether (sulfide) groups is 1. The summed E-state index contributed by atoms with van der Waals surface area (Å²) >= 11 is 8.44. The molecule has 152 valence electrons. The van der Waals surface area contributed by atoms with Crippen molar-refractivity contribution in [2.24, 2.45) is 5.10 Å². The van der Waals surface area contributed by atoms with Gasteiger partial charge in [-0.1, -0.05) is 42.2 Å². The second-order valence-corrected chi connectivity index (χ2v) is 9.24. The summed E-state index contributed by atoms with van der Waals surface area (Å²) in [7, 11) is 0. The van der Waals surface area contributed by atoms with E-state index in [1.54, 1.807) is 23.5 Å². The molecule has 0 radical (unpaired) electrons. The highest BCUT2D eigenvalue weighted by molar-refractivity contribution is 8.23. The topological polar surface area (TPSA) is 45.1 Å². The molecule has 1 atom stereocenters. The van der Waals surface area contributed by atoms with E-state index in [1.165, 1.54) is 28.9 Å². The fourth-order valence-corrected chi connectivity index (χ4v) is 5.13. The van der Waals surface area contributed by atoms with Crippen molar-refractivity contribution < 1.29 is 13.9 Å². The Balaban J connectivity index is 1.48. The van der Waals surface area contributed by atoms with Gasteiger partial charge in [-0.05, 0) is 29.1 Å². The van der Waals surface area contributed by atoms with Crippen LogP contribution in [0.15, 0.2) is 46.9 Å². The summed E-state index contributed by atoms with van der Waals surface area (Å²) in [5, 5.41) is 8.16. The Morgan fingerprint density at radius 3 is 2.72 bits per heavy atom. The lowest BCUT2D eigenvalue weighted by atomic mass is 10.0. The number of morpholine rings is 1. The SMILES string of the molecule is O=C(CSC(=S)N1CCOCC1)N1N=C(c2cccs2)C[C@H]1c1ccc(F)cc1. The van der Waals surface area contributed by atoms with Gasteiger partial charge in [0, 0.05) is 19.5 Å². The first kappa shape index (κ1) is 20.5. The van der Waals surface area contributed by atoms with Crippen LogP contribution in [0.5, 0.6) is 0 Å². The minimum atomic E-state index is -0.296. The molecule has 0 aliphatic carbocycles. The molecule has 0 saturated carbocycles. The summed E-state index contributed by atoms with van der Waals surface area (Å²) in [4.78, 5) is 16.1. The zero-order valence-corrected chi connectivity index (χ0v) is 18.1. The molecule has 4 rings (SSSR count). The third-order valence-corrected chi connectivity index (χ3v) is 7.24. The molecule has 0 N–H and O–H groups in total. The summed E-state index contributed by atoms with van der Waals surface area (Å²) in [6.45, 7) is 2.81. The van der Waals surface area contributed by atoms with Crippen molar-refractivity contribution in [2.75, 3.05) is 32.1 Å². The molecule has 9 heteroatoms. The van der Waals surface area contributed by atoms with Crippen molar-refractivity contribution in [3.05, 3.63) is 58.0 Å². The van der Waals surface area contributed by atoms with Gasteiger partial charge in [0.2, 0.25) is 0 Å². The van der Waals surface area contributed by atoms with Crippen molar-refractivity contribution in [1.82, 2.24) is 9.91 Å². The summed E-state index contributed by atoms with van der Waals surface area (Å²) in [5.74, 6) is -0.184. The van der Waals surface area contributed by atoms with Crippen LogP contribution in [0, 0.1) is 5.82 Å². The van der Waals surface area contributed by atoms with Gasteiger partial charge in [0.1, 0.15) is 10.1 Å². The van der Waals surface area contributed by atoms with Crippen LogP contribution in [-0.2, 0) is 9.53 Å². The fourth-order valence-electron chi connectivity index (χ4n) is 3.30. The van der Waals surface area contributed by atoms with Gasteiger partial charge in [0.15, 0.2) is 0 Å². The maximum absolute atomic E-state index is 13.4. The lowest BCUT2D eigenvalue weighted by Gasteiger charge is -2.29. The van der Waals surface area contributed by atoms with Crippen LogP contribution in [0.3, 0.4) is 0 Å². The second-order valence-electron chi connectivity index (χ2n) is 6.69. The second kappa shape index (κ2) is 9.34. The number of hydrazone groups is 1. The number of carbonyl (C=O) groups is 1. The van der Waals surface area contributed by atoms with Crippen molar-refractivity contribution in [3.8, 4) is 0 Å². The molecule has 1 aromatic heterocycles. The molecule has 0 unspecified atom stereocenters. The Bertz CT molecular complexity index is 896. The van der Waals surface area contributed by atoms with Gasteiger partial charge in [-0.25, -0.2) is 9.40 Å². The lowest BCUT2D eigenvalue weighted by molar-refractivity contribution is -0.130. The highest BCUT2D eigenvalue weighted by atomic mass is 32.2. The van der Waals surface area contributed by atoms with Crippen LogP contribution in [0.2, 0.25) is 0 Å². The summed E-state index contributed by atoms with van der Waals surface area (Å²) in [6, 6.07) is 10.0. The van der Waals surface area contributed by atoms with E-state index >= 15 is 0 Å². The van der Waals surface area contributed by atoms with E-state index in [9.17, 15) is 9.18 Å². The molecule has 5 nitrogen and oxygen atoms in total. The smallest absolute Gasteiger partial charge is 0.253 e. The maximum Gasteiger partial charge on any atom is 0.253 e. The fraction of sp³-hybridized carbons (Fsp3) is 0.350. The van der Waals surface area contributed by atoms with Crippen LogP contribution < -0.4 is 0 Å². The predicted octanol–water partition coefficient (Wildman–Crippen LogP) is 3.92. The Labute approximate surface area is 182 Å².